The van der Waals surface area contributed by atoms with E-state index >= 15 is 0 Å². The molecule has 5 heteroatoms. The maximum Gasteiger partial charge on any atom is 0.260 e. The maximum atomic E-state index is 12.4. The molecule has 22 heavy (non-hydrogen) atoms. The third kappa shape index (κ3) is 4.37. The topological polar surface area (TPSA) is 55.6 Å². The molecule has 0 saturated carbocycles. The van der Waals surface area contributed by atoms with Gasteiger partial charge in [-0.1, -0.05) is 17.7 Å². The van der Waals surface area contributed by atoms with Crippen LogP contribution in [-0.4, -0.2) is 36.5 Å². The van der Waals surface area contributed by atoms with E-state index in [0.717, 1.165) is 42.7 Å². The second-order valence-corrected chi connectivity index (χ2v) is 5.99. The Bertz CT molecular complexity index is 496. The number of halogens is 1. The summed E-state index contributed by atoms with van der Waals surface area (Å²) in [4.78, 5) is 14.3. The first-order valence-corrected chi connectivity index (χ1v) is 7.73. The standard InChI is InChI=1S/C17H26N2O2.ClH/c1-12-8-13(2)17(14(3)9-12)21-11-16(20)19-7-5-4-6-15(19)10-18;/h8-9,15H,4-7,10-11,18H2,1-3H3;1H. The molecule has 1 aliphatic heterocycles. The molecule has 0 radical (unpaired) electrons. The number of benzene rings is 1. The van der Waals surface area contributed by atoms with Crippen molar-refractivity contribution in [2.45, 2.75) is 46.1 Å². The minimum atomic E-state index is 0. The molecule has 1 fully saturated rings. The summed E-state index contributed by atoms with van der Waals surface area (Å²) in [6.07, 6.45) is 3.22. The number of amides is 1. The predicted octanol–water partition coefficient (Wildman–Crippen LogP) is 2.75. The molecule has 2 rings (SSSR count). The first kappa shape index (κ1) is 18.8. The van der Waals surface area contributed by atoms with Gasteiger partial charge in [-0.05, 0) is 51.2 Å². The van der Waals surface area contributed by atoms with Gasteiger partial charge < -0.3 is 15.4 Å². The van der Waals surface area contributed by atoms with Crippen molar-refractivity contribution in [2.24, 2.45) is 5.73 Å². The van der Waals surface area contributed by atoms with E-state index in [9.17, 15) is 4.79 Å². The molecule has 1 unspecified atom stereocenters. The highest BCUT2D eigenvalue weighted by molar-refractivity contribution is 5.85. The van der Waals surface area contributed by atoms with Crippen LogP contribution in [0.2, 0.25) is 0 Å². The molecule has 4 nitrogen and oxygen atoms in total. The van der Waals surface area contributed by atoms with E-state index in [0.29, 0.717) is 6.54 Å². The zero-order valence-corrected chi connectivity index (χ0v) is 14.5. The number of hydrogen-bond donors (Lipinski definition) is 1. The van der Waals surface area contributed by atoms with E-state index in [1.165, 1.54) is 5.56 Å². The molecule has 0 aliphatic carbocycles. The molecule has 1 aromatic carbocycles. The first-order chi connectivity index (χ1) is 10.0. The summed E-state index contributed by atoms with van der Waals surface area (Å²) < 4.78 is 5.80. The van der Waals surface area contributed by atoms with Crippen LogP contribution in [-0.2, 0) is 4.79 Å². The number of piperidine rings is 1. The van der Waals surface area contributed by atoms with Crippen molar-refractivity contribution >= 4 is 18.3 Å². The summed E-state index contributed by atoms with van der Waals surface area (Å²) in [6, 6.07) is 4.34. The number of hydrogen-bond acceptors (Lipinski definition) is 3. The first-order valence-electron chi connectivity index (χ1n) is 7.73. The molecular formula is C17H27ClN2O2. The van der Waals surface area contributed by atoms with E-state index < -0.39 is 0 Å². The minimum absolute atomic E-state index is 0. The van der Waals surface area contributed by atoms with E-state index in [1.54, 1.807) is 0 Å². The Balaban J connectivity index is 0.00000242. The van der Waals surface area contributed by atoms with Crippen LogP contribution in [0.5, 0.6) is 5.75 Å². The van der Waals surface area contributed by atoms with Gasteiger partial charge in [0.25, 0.3) is 5.91 Å². The van der Waals surface area contributed by atoms with Crippen LogP contribution in [0.3, 0.4) is 0 Å². The molecule has 1 aliphatic rings. The Labute approximate surface area is 139 Å². The number of carbonyl (C=O) groups is 1. The Morgan fingerprint density at radius 1 is 1.27 bits per heavy atom. The van der Waals surface area contributed by atoms with Gasteiger partial charge in [0.15, 0.2) is 6.61 Å². The van der Waals surface area contributed by atoms with Gasteiger partial charge in [-0.3, -0.25) is 4.79 Å². The number of rotatable bonds is 4. The van der Waals surface area contributed by atoms with Crippen molar-refractivity contribution in [1.29, 1.82) is 0 Å². The van der Waals surface area contributed by atoms with Crippen molar-refractivity contribution in [2.75, 3.05) is 19.7 Å². The van der Waals surface area contributed by atoms with E-state index in [4.69, 9.17) is 10.5 Å². The summed E-state index contributed by atoms with van der Waals surface area (Å²) in [5.41, 5.74) is 9.14. The molecule has 0 spiro atoms. The quantitative estimate of drug-likeness (QED) is 0.925. The molecule has 1 amide bonds. The predicted molar refractivity (Wildman–Crippen MR) is 91.8 cm³/mol. The van der Waals surface area contributed by atoms with Gasteiger partial charge in [0.05, 0.1) is 0 Å². The minimum Gasteiger partial charge on any atom is -0.483 e. The monoisotopic (exact) mass is 326 g/mol. The van der Waals surface area contributed by atoms with E-state index in [1.807, 2.05) is 18.7 Å². The van der Waals surface area contributed by atoms with Crippen LogP contribution in [0.15, 0.2) is 12.1 Å². The second kappa shape index (κ2) is 8.39. The van der Waals surface area contributed by atoms with Crippen molar-refractivity contribution in [3.8, 4) is 5.75 Å². The van der Waals surface area contributed by atoms with E-state index in [2.05, 4.69) is 19.1 Å². The average Bonchev–Trinajstić information content (AvgIpc) is 2.45. The Morgan fingerprint density at radius 2 is 1.91 bits per heavy atom. The largest absolute Gasteiger partial charge is 0.483 e. The zero-order valence-electron chi connectivity index (χ0n) is 13.7. The Kier molecular flexibility index (Phi) is 7.17. The molecule has 0 aromatic heterocycles. The SMILES string of the molecule is Cc1cc(C)c(OCC(=O)N2CCCCC2CN)c(C)c1.Cl. The average molecular weight is 327 g/mol. The third-order valence-corrected chi connectivity index (χ3v) is 4.16. The number of likely N-dealkylation sites (tertiary alicyclic amines) is 1. The number of aryl methyl sites for hydroxylation is 3. The highest BCUT2D eigenvalue weighted by Gasteiger charge is 2.25. The van der Waals surface area contributed by atoms with Crippen LogP contribution in [0.1, 0.15) is 36.0 Å². The maximum absolute atomic E-state index is 12.4. The fourth-order valence-corrected chi connectivity index (χ4v) is 3.19. The third-order valence-electron chi connectivity index (χ3n) is 4.16. The Hall–Kier alpha value is -1.26. The van der Waals surface area contributed by atoms with Gasteiger partial charge in [0, 0.05) is 19.1 Å². The lowest BCUT2D eigenvalue weighted by Crippen LogP contribution is -2.49. The molecule has 0 bridgehead atoms. The second-order valence-electron chi connectivity index (χ2n) is 5.99. The zero-order chi connectivity index (χ0) is 15.4. The molecule has 1 aromatic rings. The highest BCUT2D eigenvalue weighted by atomic mass is 35.5. The lowest BCUT2D eigenvalue weighted by Gasteiger charge is -2.35. The van der Waals surface area contributed by atoms with Crippen molar-refractivity contribution in [3.05, 3.63) is 28.8 Å². The molecule has 124 valence electrons. The highest BCUT2D eigenvalue weighted by Crippen LogP contribution is 2.25. The van der Waals surface area contributed by atoms with Crippen LogP contribution in [0, 0.1) is 20.8 Å². The molecule has 2 N–H and O–H groups in total. The number of nitrogens with two attached hydrogens (primary N) is 1. The molecule has 1 atom stereocenters. The number of nitrogens with zero attached hydrogens (tertiary/aromatic N) is 1. The van der Waals surface area contributed by atoms with Gasteiger partial charge in [-0.25, -0.2) is 0 Å². The Morgan fingerprint density at radius 3 is 2.50 bits per heavy atom. The van der Waals surface area contributed by atoms with Crippen molar-refractivity contribution in [3.63, 3.8) is 0 Å². The van der Waals surface area contributed by atoms with Gasteiger partial charge in [-0.15, -0.1) is 12.4 Å². The number of carbonyl (C=O) groups excluding carboxylic acids is 1. The van der Waals surface area contributed by atoms with Crippen molar-refractivity contribution in [1.82, 2.24) is 4.90 Å². The van der Waals surface area contributed by atoms with E-state index in [-0.39, 0.29) is 31.0 Å². The van der Waals surface area contributed by atoms with Crippen LogP contribution in [0.4, 0.5) is 0 Å². The van der Waals surface area contributed by atoms with Gasteiger partial charge >= 0.3 is 0 Å². The van der Waals surface area contributed by atoms with Crippen LogP contribution in [0.25, 0.3) is 0 Å². The summed E-state index contributed by atoms with van der Waals surface area (Å²) in [5.74, 6) is 0.875. The lowest BCUT2D eigenvalue weighted by molar-refractivity contribution is -0.136. The number of ether oxygens (including phenoxy) is 1. The molecule has 1 saturated heterocycles. The molecular weight excluding hydrogens is 300 g/mol. The fourth-order valence-electron chi connectivity index (χ4n) is 3.19. The summed E-state index contributed by atoms with van der Waals surface area (Å²) in [7, 11) is 0. The fraction of sp³-hybridized carbons (Fsp3) is 0.588. The molecule has 1 heterocycles. The van der Waals surface area contributed by atoms with Crippen LogP contribution >= 0.6 is 12.4 Å². The van der Waals surface area contributed by atoms with Gasteiger partial charge in [0.1, 0.15) is 5.75 Å². The normalized spacial score (nSPS) is 17.8. The summed E-state index contributed by atoms with van der Waals surface area (Å²) in [5, 5.41) is 0. The van der Waals surface area contributed by atoms with Gasteiger partial charge in [-0.2, -0.15) is 0 Å². The summed E-state index contributed by atoms with van der Waals surface area (Å²) >= 11 is 0. The van der Waals surface area contributed by atoms with Gasteiger partial charge in [0.2, 0.25) is 0 Å². The van der Waals surface area contributed by atoms with Crippen LogP contribution < -0.4 is 10.5 Å². The smallest absolute Gasteiger partial charge is 0.260 e. The lowest BCUT2D eigenvalue weighted by atomic mass is 10.0. The van der Waals surface area contributed by atoms with Crippen molar-refractivity contribution < 1.29 is 9.53 Å². The summed E-state index contributed by atoms with van der Waals surface area (Å²) in [6.45, 7) is 7.53.